The van der Waals surface area contributed by atoms with Crippen LogP contribution in [-0.2, 0) is 16.0 Å². The molecule has 0 aliphatic carbocycles. The van der Waals surface area contributed by atoms with Crippen LogP contribution in [0.2, 0.25) is 0 Å². The largest absolute Gasteiger partial charge is 0.326 e. The fraction of sp³-hybridized carbons (Fsp3) is 0.333. The number of carbonyl (C=O) groups is 2. The number of rotatable bonds is 6. The zero-order chi connectivity index (χ0) is 18.4. The maximum absolute atomic E-state index is 12.2. The van der Waals surface area contributed by atoms with Crippen LogP contribution in [0.4, 0.5) is 11.4 Å². The number of thioether (sulfide) groups is 1. The van der Waals surface area contributed by atoms with Crippen molar-refractivity contribution in [3.8, 4) is 0 Å². The maximum Gasteiger partial charge on any atom is 0.224 e. The highest BCUT2D eigenvalue weighted by atomic mass is 32.2. The van der Waals surface area contributed by atoms with Crippen molar-refractivity contribution in [1.82, 2.24) is 9.97 Å². The van der Waals surface area contributed by atoms with Crippen LogP contribution < -0.4 is 10.6 Å². The molecule has 25 heavy (non-hydrogen) atoms. The Kier molecular flexibility index (Phi) is 6.52. The Labute approximate surface area is 151 Å². The van der Waals surface area contributed by atoms with Gasteiger partial charge in [-0.2, -0.15) is 0 Å². The van der Waals surface area contributed by atoms with Crippen LogP contribution in [0.25, 0.3) is 0 Å². The Morgan fingerprint density at radius 2 is 1.52 bits per heavy atom. The number of amides is 2. The lowest BCUT2D eigenvalue weighted by atomic mass is 10.1. The Bertz CT molecular complexity index is 752. The number of nitrogens with one attached hydrogen (secondary N) is 2. The quantitative estimate of drug-likeness (QED) is 0.611. The van der Waals surface area contributed by atoms with Crippen LogP contribution in [0.3, 0.4) is 0 Å². The summed E-state index contributed by atoms with van der Waals surface area (Å²) < 4.78 is 0. The lowest BCUT2D eigenvalue weighted by molar-refractivity contribution is -0.116. The second-order valence-corrected chi connectivity index (χ2v) is 6.44. The highest BCUT2D eigenvalue weighted by Gasteiger charge is 2.11. The summed E-state index contributed by atoms with van der Waals surface area (Å²) in [5.41, 5.74) is 4.26. The van der Waals surface area contributed by atoms with Crippen molar-refractivity contribution in [2.24, 2.45) is 0 Å². The molecule has 0 fully saturated rings. The van der Waals surface area contributed by atoms with Crippen molar-refractivity contribution in [3.63, 3.8) is 0 Å². The van der Waals surface area contributed by atoms with Crippen LogP contribution in [0.1, 0.15) is 30.3 Å². The average Bonchev–Trinajstić information content (AvgIpc) is 2.55. The molecule has 0 aliphatic rings. The Morgan fingerprint density at radius 3 is 2.00 bits per heavy atom. The van der Waals surface area contributed by atoms with Crippen LogP contribution in [0.15, 0.2) is 29.4 Å². The zero-order valence-electron chi connectivity index (χ0n) is 14.8. The summed E-state index contributed by atoms with van der Waals surface area (Å²) >= 11 is 1.51. The van der Waals surface area contributed by atoms with E-state index in [1.54, 1.807) is 24.3 Å². The van der Waals surface area contributed by atoms with E-state index in [1.807, 2.05) is 20.1 Å². The maximum atomic E-state index is 12.2. The topological polar surface area (TPSA) is 84.0 Å². The fourth-order valence-corrected chi connectivity index (χ4v) is 2.92. The van der Waals surface area contributed by atoms with Gasteiger partial charge < -0.3 is 10.6 Å². The molecule has 1 aromatic carbocycles. The smallest absolute Gasteiger partial charge is 0.224 e. The lowest BCUT2D eigenvalue weighted by Gasteiger charge is -2.10. The number of carbonyl (C=O) groups excluding carboxylic acids is 2. The summed E-state index contributed by atoms with van der Waals surface area (Å²) in [5, 5.41) is 6.30. The fourth-order valence-electron chi connectivity index (χ4n) is 2.46. The van der Waals surface area contributed by atoms with Crippen LogP contribution in [-0.4, -0.2) is 28.0 Å². The molecule has 2 rings (SSSR count). The first kappa shape index (κ1) is 18.9. The molecule has 132 valence electrons. The van der Waals surface area contributed by atoms with E-state index in [-0.39, 0.29) is 11.8 Å². The minimum atomic E-state index is -0.128. The minimum Gasteiger partial charge on any atom is -0.326 e. The van der Waals surface area contributed by atoms with Crippen molar-refractivity contribution < 1.29 is 9.59 Å². The van der Waals surface area contributed by atoms with Gasteiger partial charge >= 0.3 is 0 Å². The molecule has 1 heterocycles. The van der Waals surface area contributed by atoms with Gasteiger partial charge in [0.1, 0.15) is 0 Å². The number of benzene rings is 1. The van der Waals surface area contributed by atoms with Gasteiger partial charge in [0.05, 0.1) is 0 Å². The normalized spacial score (nSPS) is 10.4. The minimum absolute atomic E-state index is 0.0694. The molecule has 7 heteroatoms. The summed E-state index contributed by atoms with van der Waals surface area (Å²) in [7, 11) is 0. The molecule has 0 saturated carbocycles. The second-order valence-electron chi connectivity index (χ2n) is 5.67. The first-order valence-electron chi connectivity index (χ1n) is 7.94. The molecule has 0 atom stereocenters. The molecule has 0 unspecified atom stereocenters. The van der Waals surface area contributed by atoms with E-state index in [9.17, 15) is 9.59 Å². The number of hydrogen-bond donors (Lipinski definition) is 2. The molecular formula is C18H22N4O2S. The van der Waals surface area contributed by atoms with E-state index >= 15 is 0 Å². The first-order valence-corrected chi connectivity index (χ1v) is 9.17. The van der Waals surface area contributed by atoms with Gasteiger partial charge in [0.2, 0.25) is 11.8 Å². The predicted molar refractivity (Wildman–Crippen MR) is 101 cm³/mol. The number of anilines is 2. The molecule has 1 aromatic heterocycles. The van der Waals surface area contributed by atoms with Gasteiger partial charge in [-0.3, -0.25) is 9.59 Å². The van der Waals surface area contributed by atoms with Crippen LogP contribution in [0, 0.1) is 13.8 Å². The van der Waals surface area contributed by atoms with Crippen molar-refractivity contribution in [2.75, 3.05) is 16.9 Å². The van der Waals surface area contributed by atoms with Gasteiger partial charge in [-0.05, 0) is 56.4 Å². The average molecular weight is 358 g/mol. The molecule has 2 aromatic rings. The molecule has 0 radical (unpaired) electrons. The van der Waals surface area contributed by atoms with E-state index in [0.717, 1.165) is 22.1 Å². The highest BCUT2D eigenvalue weighted by molar-refractivity contribution is 7.98. The summed E-state index contributed by atoms with van der Waals surface area (Å²) in [6.45, 7) is 5.35. The number of nitrogens with zero attached hydrogens (tertiary/aromatic N) is 2. The van der Waals surface area contributed by atoms with Gasteiger partial charge in [-0.25, -0.2) is 9.97 Å². The highest BCUT2D eigenvalue weighted by Crippen LogP contribution is 2.18. The monoisotopic (exact) mass is 358 g/mol. The third-order valence-electron chi connectivity index (χ3n) is 3.67. The summed E-state index contributed by atoms with van der Waals surface area (Å²) in [6, 6.07) is 7.02. The summed E-state index contributed by atoms with van der Waals surface area (Å²) in [6.07, 6.45) is 2.90. The standard InChI is InChI=1S/C18H22N4O2S/c1-11-16(12(2)20-18(19-11)25-4)9-10-17(24)22-15-7-5-14(6-8-15)21-13(3)23/h5-8H,9-10H2,1-4H3,(H,21,23)(H,22,24). The van der Waals surface area contributed by atoms with E-state index in [4.69, 9.17) is 0 Å². The Balaban J connectivity index is 1.94. The Morgan fingerprint density at radius 1 is 1.00 bits per heavy atom. The van der Waals surface area contributed by atoms with Crippen LogP contribution >= 0.6 is 11.8 Å². The third kappa shape index (κ3) is 5.56. The van der Waals surface area contributed by atoms with Crippen LogP contribution in [0.5, 0.6) is 0 Å². The molecule has 6 nitrogen and oxygen atoms in total. The van der Waals surface area contributed by atoms with E-state index in [1.165, 1.54) is 18.7 Å². The molecule has 0 aliphatic heterocycles. The molecule has 0 spiro atoms. The summed E-state index contributed by atoms with van der Waals surface area (Å²) in [5.74, 6) is -0.197. The summed E-state index contributed by atoms with van der Waals surface area (Å²) in [4.78, 5) is 32.0. The van der Waals surface area contributed by atoms with Crippen molar-refractivity contribution in [1.29, 1.82) is 0 Å². The van der Waals surface area contributed by atoms with Gasteiger partial charge in [-0.15, -0.1) is 0 Å². The van der Waals surface area contributed by atoms with Gasteiger partial charge in [0.15, 0.2) is 5.16 Å². The molecule has 0 bridgehead atoms. The number of hydrogen-bond acceptors (Lipinski definition) is 5. The SMILES string of the molecule is CSc1nc(C)c(CCC(=O)Nc2ccc(NC(C)=O)cc2)c(C)n1. The van der Waals surface area contributed by atoms with Gasteiger partial charge in [-0.1, -0.05) is 11.8 Å². The molecule has 2 N–H and O–H groups in total. The van der Waals surface area contributed by atoms with Crippen molar-refractivity contribution in [3.05, 3.63) is 41.2 Å². The van der Waals surface area contributed by atoms with E-state index in [2.05, 4.69) is 20.6 Å². The molecular weight excluding hydrogens is 336 g/mol. The second kappa shape index (κ2) is 8.62. The van der Waals surface area contributed by atoms with Gasteiger partial charge in [0, 0.05) is 36.1 Å². The third-order valence-corrected chi connectivity index (χ3v) is 4.22. The first-order chi connectivity index (χ1) is 11.9. The Hall–Kier alpha value is -2.41. The molecule has 2 amide bonds. The van der Waals surface area contributed by atoms with E-state index < -0.39 is 0 Å². The zero-order valence-corrected chi connectivity index (χ0v) is 15.7. The van der Waals surface area contributed by atoms with Crippen molar-refractivity contribution in [2.45, 2.75) is 38.8 Å². The van der Waals surface area contributed by atoms with E-state index in [0.29, 0.717) is 24.2 Å². The lowest BCUT2D eigenvalue weighted by Crippen LogP contribution is -2.14. The van der Waals surface area contributed by atoms with Crippen molar-refractivity contribution >= 4 is 35.0 Å². The predicted octanol–water partition coefficient (Wildman–Crippen LogP) is 3.35. The number of aromatic nitrogens is 2. The molecule has 0 saturated heterocycles. The van der Waals surface area contributed by atoms with Gasteiger partial charge in [0.25, 0.3) is 0 Å². The number of aryl methyl sites for hydroxylation is 2.